The second-order valence-electron chi connectivity index (χ2n) is 4.55. The molecule has 0 aliphatic carbocycles. The second-order valence-corrected chi connectivity index (χ2v) is 4.55. The highest BCUT2D eigenvalue weighted by Crippen LogP contribution is 2.30. The molecular formula is C16H20N2O2. The number of benzene rings is 1. The van der Waals surface area contributed by atoms with E-state index >= 15 is 0 Å². The van der Waals surface area contributed by atoms with Gasteiger partial charge < -0.3 is 14.8 Å². The minimum absolute atomic E-state index is 0.0488. The summed E-state index contributed by atoms with van der Waals surface area (Å²) >= 11 is 0. The molecule has 0 spiro atoms. The molecule has 0 fully saturated rings. The zero-order valence-corrected chi connectivity index (χ0v) is 12.3. The van der Waals surface area contributed by atoms with Gasteiger partial charge in [-0.2, -0.15) is 0 Å². The standard InChI is InChI=1S/C16H20N2O2/c1-11-15(6-5-7-18-11)16(17-2)12-8-13(19-3)10-14(9-12)20-4/h5-10,16-17H,1-4H3. The lowest BCUT2D eigenvalue weighted by Gasteiger charge is -2.20. The Labute approximate surface area is 119 Å². The number of hydrogen-bond acceptors (Lipinski definition) is 4. The van der Waals surface area contributed by atoms with E-state index in [1.165, 1.54) is 0 Å². The topological polar surface area (TPSA) is 43.4 Å². The lowest BCUT2D eigenvalue weighted by Crippen LogP contribution is -2.19. The summed E-state index contributed by atoms with van der Waals surface area (Å²) in [4.78, 5) is 4.36. The summed E-state index contributed by atoms with van der Waals surface area (Å²) in [5, 5.41) is 3.33. The van der Waals surface area contributed by atoms with Gasteiger partial charge in [0.25, 0.3) is 0 Å². The highest BCUT2D eigenvalue weighted by molar-refractivity contribution is 5.43. The number of aryl methyl sites for hydroxylation is 1. The molecule has 1 aromatic heterocycles. The zero-order valence-electron chi connectivity index (χ0n) is 12.3. The fourth-order valence-electron chi connectivity index (χ4n) is 2.30. The van der Waals surface area contributed by atoms with Gasteiger partial charge in [0.05, 0.1) is 20.3 Å². The quantitative estimate of drug-likeness (QED) is 0.909. The Hall–Kier alpha value is -2.07. The Kier molecular flexibility index (Phi) is 4.58. The molecule has 0 saturated carbocycles. The molecule has 2 aromatic rings. The summed E-state index contributed by atoms with van der Waals surface area (Å²) in [6.07, 6.45) is 1.80. The van der Waals surface area contributed by atoms with Gasteiger partial charge >= 0.3 is 0 Å². The van der Waals surface area contributed by atoms with Crippen LogP contribution < -0.4 is 14.8 Å². The summed E-state index contributed by atoms with van der Waals surface area (Å²) in [6, 6.07) is 9.96. The average Bonchev–Trinajstić information content (AvgIpc) is 2.49. The summed E-state index contributed by atoms with van der Waals surface area (Å²) in [7, 11) is 5.24. The Morgan fingerprint density at radius 3 is 2.25 bits per heavy atom. The number of nitrogens with zero attached hydrogens (tertiary/aromatic N) is 1. The monoisotopic (exact) mass is 272 g/mol. The smallest absolute Gasteiger partial charge is 0.122 e. The number of rotatable bonds is 5. The van der Waals surface area contributed by atoms with E-state index < -0.39 is 0 Å². The van der Waals surface area contributed by atoms with Gasteiger partial charge in [0.15, 0.2) is 0 Å². The Balaban J connectivity index is 2.49. The molecule has 1 N–H and O–H groups in total. The van der Waals surface area contributed by atoms with Crippen molar-refractivity contribution in [3.05, 3.63) is 53.3 Å². The minimum atomic E-state index is 0.0488. The zero-order chi connectivity index (χ0) is 14.5. The van der Waals surface area contributed by atoms with Crippen molar-refractivity contribution >= 4 is 0 Å². The molecule has 1 aromatic carbocycles. The summed E-state index contributed by atoms with van der Waals surface area (Å²) in [6.45, 7) is 2.01. The van der Waals surface area contributed by atoms with Crippen LogP contribution in [0.1, 0.15) is 22.9 Å². The molecule has 4 heteroatoms. The molecule has 1 unspecified atom stereocenters. The van der Waals surface area contributed by atoms with Gasteiger partial charge in [0.2, 0.25) is 0 Å². The van der Waals surface area contributed by atoms with E-state index in [-0.39, 0.29) is 6.04 Å². The number of methoxy groups -OCH3 is 2. The van der Waals surface area contributed by atoms with E-state index in [1.54, 1.807) is 20.4 Å². The van der Waals surface area contributed by atoms with E-state index in [0.29, 0.717) is 0 Å². The van der Waals surface area contributed by atoms with E-state index in [0.717, 1.165) is 28.3 Å². The van der Waals surface area contributed by atoms with Crippen LogP contribution in [0.2, 0.25) is 0 Å². The first-order chi connectivity index (χ1) is 9.69. The average molecular weight is 272 g/mol. The fraction of sp³-hybridized carbons (Fsp3) is 0.312. The molecule has 1 heterocycles. The predicted molar refractivity (Wildman–Crippen MR) is 79.4 cm³/mol. The van der Waals surface area contributed by atoms with E-state index in [4.69, 9.17) is 9.47 Å². The Morgan fingerprint density at radius 2 is 1.75 bits per heavy atom. The maximum atomic E-state index is 5.33. The summed E-state index contributed by atoms with van der Waals surface area (Å²) in [5.41, 5.74) is 3.23. The molecule has 0 aliphatic heterocycles. The maximum absolute atomic E-state index is 5.33. The van der Waals surface area contributed by atoms with Crippen LogP contribution in [0.3, 0.4) is 0 Å². The van der Waals surface area contributed by atoms with Gasteiger partial charge in [-0.05, 0) is 43.3 Å². The molecule has 2 rings (SSSR count). The molecule has 4 nitrogen and oxygen atoms in total. The van der Waals surface area contributed by atoms with Crippen LogP contribution in [-0.2, 0) is 0 Å². The van der Waals surface area contributed by atoms with Crippen LogP contribution in [-0.4, -0.2) is 26.3 Å². The highest BCUT2D eigenvalue weighted by atomic mass is 16.5. The van der Waals surface area contributed by atoms with Gasteiger partial charge in [-0.1, -0.05) is 6.07 Å². The number of aromatic nitrogens is 1. The lowest BCUT2D eigenvalue weighted by atomic mass is 9.97. The largest absolute Gasteiger partial charge is 0.497 e. The van der Waals surface area contributed by atoms with Gasteiger partial charge in [-0.3, -0.25) is 4.98 Å². The predicted octanol–water partition coefficient (Wildman–Crippen LogP) is 2.72. The Bertz CT molecular complexity index is 562. The van der Waals surface area contributed by atoms with Gasteiger partial charge in [-0.25, -0.2) is 0 Å². The number of pyridine rings is 1. The summed E-state index contributed by atoms with van der Waals surface area (Å²) < 4.78 is 10.7. The van der Waals surface area contributed by atoms with Crippen molar-refractivity contribution in [3.8, 4) is 11.5 Å². The van der Waals surface area contributed by atoms with Crippen LogP contribution in [0.4, 0.5) is 0 Å². The van der Waals surface area contributed by atoms with Crippen LogP contribution in [0.5, 0.6) is 11.5 Å². The molecule has 0 aliphatic rings. The normalized spacial score (nSPS) is 12.0. The van der Waals surface area contributed by atoms with Gasteiger partial charge in [0.1, 0.15) is 11.5 Å². The molecule has 20 heavy (non-hydrogen) atoms. The number of ether oxygens (including phenoxy) is 2. The lowest BCUT2D eigenvalue weighted by molar-refractivity contribution is 0.392. The minimum Gasteiger partial charge on any atom is -0.497 e. The molecule has 0 bridgehead atoms. The summed E-state index contributed by atoms with van der Waals surface area (Å²) in [5.74, 6) is 1.56. The number of hydrogen-bond donors (Lipinski definition) is 1. The van der Waals surface area contributed by atoms with Crippen molar-refractivity contribution in [2.24, 2.45) is 0 Å². The maximum Gasteiger partial charge on any atom is 0.122 e. The van der Waals surface area contributed by atoms with E-state index in [1.807, 2.05) is 38.2 Å². The molecule has 106 valence electrons. The third-order valence-corrected chi connectivity index (χ3v) is 3.35. The van der Waals surface area contributed by atoms with Crippen LogP contribution in [0, 0.1) is 6.92 Å². The van der Waals surface area contributed by atoms with Crippen molar-refractivity contribution in [3.63, 3.8) is 0 Å². The second kappa shape index (κ2) is 6.39. The first-order valence-electron chi connectivity index (χ1n) is 6.51. The van der Waals surface area contributed by atoms with Crippen LogP contribution in [0.25, 0.3) is 0 Å². The number of nitrogens with one attached hydrogen (secondary N) is 1. The van der Waals surface area contributed by atoms with Crippen LogP contribution in [0.15, 0.2) is 36.5 Å². The van der Waals surface area contributed by atoms with Gasteiger partial charge in [0, 0.05) is 18.0 Å². The molecule has 0 saturated heterocycles. The van der Waals surface area contributed by atoms with Crippen molar-refractivity contribution in [2.45, 2.75) is 13.0 Å². The van der Waals surface area contributed by atoms with Crippen molar-refractivity contribution in [1.82, 2.24) is 10.3 Å². The molecular weight excluding hydrogens is 252 g/mol. The Morgan fingerprint density at radius 1 is 1.10 bits per heavy atom. The van der Waals surface area contributed by atoms with Crippen molar-refractivity contribution in [2.75, 3.05) is 21.3 Å². The van der Waals surface area contributed by atoms with Crippen LogP contribution >= 0.6 is 0 Å². The third kappa shape index (κ3) is 2.91. The van der Waals surface area contributed by atoms with Gasteiger partial charge in [-0.15, -0.1) is 0 Å². The van der Waals surface area contributed by atoms with Crippen molar-refractivity contribution in [1.29, 1.82) is 0 Å². The van der Waals surface area contributed by atoms with E-state index in [2.05, 4.69) is 16.4 Å². The third-order valence-electron chi connectivity index (χ3n) is 3.35. The molecule has 1 atom stereocenters. The van der Waals surface area contributed by atoms with Crippen molar-refractivity contribution < 1.29 is 9.47 Å². The molecule has 0 amide bonds. The highest BCUT2D eigenvalue weighted by Gasteiger charge is 2.16. The first kappa shape index (κ1) is 14.3. The molecule has 0 radical (unpaired) electrons. The SMILES string of the molecule is CNC(c1cc(OC)cc(OC)c1)c1cccnc1C. The van der Waals surface area contributed by atoms with E-state index in [9.17, 15) is 0 Å². The first-order valence-corrected chi connectivity index (χ1v) is 6.51. The fourth-order valence-corrected chi connectivity index (χ4v) is 2.30.